The van der Waals surface area contributed by atoms with Gasteiger partial charge in [-0.2, -0.15) is 0 Å². The number of halogens is 1. The van der Waals surface area contributed by atoms with Gasteiger partial charge >= 0.3 is 0 Å². The van der Waals surface area contributed by atoms with Crippen molar-refractivity contribution >= 4 is 29.0 Å². The van der Waals surface area contributed by atoms with Gasteiger partial charge in [0.15, 0.2) is 22.9 Å². The number of ether oxygens (including phenoxy) is 2. The Kier molecular flexibility index (Phi) is 6.15. The van der Waals surface area contributed by atoms with Crippen molar-refractivity contribution in [2.24, 2.45) is 0 Å². The summed E-state index contributed by atoms with van der Waals surface area (Å²) in [6, 6.07) is 17.4. The Hall–Kier alpha value is -3.35. The Morgan fingerprint density at radius 2 is 1.76 bits per heavy atom. The number of Topliss-reactive ketones (excluding diaryl/α,β-unsaturated/α-hetero) is 1. The lowest BCUT2D eigenvalue weighted by molar-refractivity contribution is -0.136. The van der Waals surface area contributed by atoms with E-state index in [0.29, 0.717) is 33.3 Å². The van der Waals surface area contributed by atoms with Crippen molar-refractivity contribution in [1.82, 2.24) is 0 Å². The molecule has 0 fully saturated rings. The molecule has 1 amide bonds. The van der Waals surface area contributed by atoms with Gasteiger partial charge in [-0.3, -0.25) is 9.59 Å². The second kappa shape index (κ2) is 8.89. The predicted molar refractivity (Wildman–Crippen MR) is 126 cm³/mol. The maximum absolute atomic E-state index is 13.5. The molecule has 4 rings (SSSR count). The van der Waals surface area contributed by atoms with Crippen LogP contribution in [0.1, 0.15) is 33.5 Å². The number of aliphatic hydroxyl groups is 1. The van der Waals surface area contributed by atoms with E-state index in [4.69, 9.17) is 21.1 Å². The summed E-state index contributed by atoms with van der Waals surface area (Å²) >= 11 is 6.20. The highest BCUT2D eigenvalue weighted by molar-refractivity contribution is 6.31. The molecule has 1 heterocycles. The maximum Gasteiger partial charge on any atom is 0.264 e. The van der Waals surface area contributed by atoms with Gasteiger partial charge in [0, 0.05) is 16.1 Å². The first-order chi connectivity index (χ1) is 15.8. The number of fused-ring (bicyclic) bond motifs is 1. The molecule has 33 heavy (non-hydrogen) atoms. The number of rotatable bonds is 7. The van der Waals surface area contributed by atoms with Crippen molar-refractivity contribution in [3.8, 4) is 11.5 Å². The summed E-state index contributed by atoms with van der Waals surface area (Å²) in [5.41, 5.74) is 1.10. The van der Waals surface area contributed by atoms with E-state index in [1.807, 2.05) is 31.2 Å². The molecule has 1 aliphatic rings. The van der Waals surface area contributed by atoms with Crippen molar-refractivity contribution in [2.75, 3.05) is 19.1 Å². The van der Waals surface area contributed by atoms with E-state index in [1.54, 1.807) is 30.3 Å². The minimum absolute atomic E-state index is 0.271. The molecule has 1 aliphatic heterocycles. The largest absolute Gasteiger partial charge is 0.493 e. The highest BCUT2D eigenvalue weighted by Gasteiger charge is 2.51. The van der Waals surface area contributed by atoms with Crippen LogP contribution >= 0.6 is 11.6 Å². The van der Waals surface area contributed by atoms with E-state index < -0.39 is 23.7 Å². The molecule has 1 atom stereocenters. The molecule has 0 radical (unpaired) electrons. The topological polar surface area (TPSA) is 76.1 Å². The summed E-state index contributed by atoms with van der Waals surface area (Å²) in [6.07, 6.45) is -0.432. The Labute approximate surface area is 197 Å². The lowest BCUT2D eigenvalue weighted by Gasteiger charge is -2.23. The summed E-state index contributed by atoms with van der Waals surface area (Å²) in [4.78, 5) is 28.2. The highest BCUT2D eigenvalue weighted by Crippen LogP contribution is 2.45. The average molecular weight is 466 g/mol. The van der Waals surface area contributed by atoms with Crippen LogP contribution in [-0.2, 0) is 16.9 Å². The van der Waals surface area contributed by atoms with Gasteiger partial charge in [-0.1, -0.05) is 35.9 Å². The number of amides is 1. The molecule has 170 valence electrons. The van der Waals surface area contributed by atoms with E-state index in [0.717, 1.165) is 11.1 Å². The van der Waals surface area contributed by atoms with Crippen LogP contribution in [0.4, 0.5) is 5.69 Å². The SMILES string of the molecule is COc1ccc(C(=O)CC2(O)C(=O)N(Cc3ccccc3C)c3ccc(Cl)cc32)cc1OC. The summed E-state index contributed by atoms with van der Waals surface area (Å²) in [5.74, 6) is -0.101. The van der Waals surface area contributed by atoms with Crippen molar-refractivity contribution in [3.63, 3.8) is 0 Å². The molecule has 1 N–H and O–H groups in total. The van der Waals surface area contributed by atoms with Gasteiger partial charge in [0.2, 0.25) is 0 Å². The van der Waals surface area contributed by atoms with E-state index in [-0.39, 0.29) is 6.54 Å². The van der Waals surface area contributed by atoms with Gasteiger partial charge in [-0.25, -0.2) is 0 Å². The highest BCUT2D eigenvalue weighted by atomic mass is 35.5. The molecule has 6 nitrogen and oxygen atoms in total. The molecule has 3 aromatic carbocycles. The Morgan fingerprint density at radius 1 is 1.03 bits per heavy atom. The molecule has 0 saturated heterocycles. The van der Waals surface area contributed by atoms with Gasteiger partial charge in [0.1, 0.15) is 0 Å². The molecule has 0 saturated carbocycles. The van der Waals surface area contributed by atoms with Crippen molar-refractivity contribution < 1.29 is 24.2 Å². The Morgan fingerprint density at radius 3 is 2.45 bits per heavy atom. The Balaban J connectivity index is 1.70. The zero-order valence-corrected chi connectivity index (χ0v) is 19.3. The fourth-order valence-corrected chi connectivity index (χ4v) is 4.32. The molecule has 0 spiro atoms. The maximum atomic E-state index is 13.5. The predicted octanol–water partition coefficient (Wildman–Crippen LogP) is 4.67. The van der Waals surface area contributed by atoms with E-state index in [2.05, 4.69) is 0 Å². The number of hydrogen-bond acceptors (Lipinski definition) is 5. The molecule has 7 heteroatoms. The van der Waals surface area contributed by atoms with Gasteiger partial charge in [-0.05, 0) is 54.4 Å². The molecular formula is C26H24ClNO5. The fraction of sp³-hybridized carbons (Fsp3) is 0.231. The van der Waals surface area contributed by atoms with Crippen molar-refractivity contribution in [1.29, 1.82) is 0 Å². The average Bonchev–Trinajstić information content (AvgIpc) is 3.01. The minimum Gasteiger partial charge on any atom is -0.493 e. The van der Waals surface area contributed by atoms with Gasteiger partial charge in [0.05, 0.1) is 32.9 Å². The molecule has 0 aliphatic carbocycles. The van der Waals surface area contributed by atoms with Gasteiger partial charge in [0.25, 0.3) is 5.91 Å². The van der Waals surface area contributed by atoms with Crippen LogP contribution in [0.3, 0.4) is 0 Å². The summed E-state index contributed by atoms with van der Waals surface area (Å²) in [6.45, 7) is 2.23. The fourth-order valence-electron chi connectivity index (χ4n) is 4.15. The molecular weight excluding hydrogens is 442 g/mol. The first-order valence-corrected chi connectivity index (χ1v) is 10.8. The van der Waals surface area contributed by atoms with Crippen molar-refractivity contribution in [2.45, 2.75) is 25.5 Å². The molecule has 0 aromatic heterocycles. The first-order valence-electron chi connectivity index (χ1n) is 10.4. The smallest absolute Gasteiger partial charge is 0.264 e. The number of carbonyl (C=O) groups excluding carboxylic acids is 2. The van der Waals surface area contributed by atoms with E-state index >= 15 is 0 Å². The second-order valence-corrected chi connectivity index (χ2v) is 8.45. The summed E-state index contributed by atoms with van der Waals surface area (Å²) in [7, 11) is 2.98. The normalized spacial score (nSPS) is 17.1. The van der Waals surface area contributed by atoms with E-state index in [9.17, 15) is 14.7 Å². The third-order valence-electron chi connectivity index (χ3n) is 6.01. The molecule has 3 aromatic rings. The number of anilines is 1. The number of carbonyl (C=O) groups is 2. The van der Waals surface area contributed by atoms with Gasteiger partial charge in [-0.15, -0.1) is 0 Å². The standard InChI is InChI=1S/C26H24ClNO5/c1-16-6-4-5-7-18(16)15-28-21-10-9-19(27)13-20(21)26(31,25(28)30)14-22(29)17-8-11-23(32-2)24(12-17)33-3/h4-13,31H,14-15H2,1-3H3. The molecule has 0 bridgehead atoms. The summed E-state index contributed by atoms with van der Waals surface area (Å²) in [5, 5.41) is 12.0. The number of nitrogens with zero attached hydrogens (tertiary/aromatic N) is 1. The third kappa shape index (κ3) is 4.08. The first kappa shape index (κ1) is 22.8. The van der Waals surface area contributed by atoms with Crippen LogP contribution < -0.4 is 14.4 Å². The van der Waals surface area contributed by atoms with Gasteiger partial charge < -0.3 is 19.5 Å². The number of hydrogen-bond donors (Lipinski definition) is 1. The summed E-state index contributed by atoms with van der Waals surface area (Å²) < 4.78 is 10.5. The zero-order chi connectivity index (χ0) is 23.8. The van der Waals surface area contributed by atoms with E-state index in [1.165, 1.54) is 25.2 Å². The quantitative estimate of drug-likeness (QED) is 0.513. The van der Waals surface area contributed by atoms with Crippen LogP contribution in [0.5, 0.6) is 11.5 Å². The van der Waals surface area contributed by atoms with Crippen LogP contribution in [0.25, 0.3) is 0 Å². The number of ketones is 1. The van der Waals surface area contributed by atoms with Crippen molar-refractivity contribution in [3.05, 3.63) is 87.9 Å². The van der Waals surface area contributed by atoms with Crippen LogP contribution in [0.2, 0.25) is 5.02 Å². The van der Waals surface area contributed by atoms with Crippen LogP contribution in [-0.4, -0.2) is 31.0 Å². The molecule has 1 unspecified atom stereocenters. The zero-order valence-electron chi connectivity index (χ0n) is 18.6. The second-order valence-electron chi connectivity index (χ2n) is 8.01. The Bertz CT molecular complexity index is 1240. The number of aryl methyl sites for hydroxylation is 1. The van der Waals surface area contributed by atoms with Crippen LogP contribution in [0.15, 0.2) is 60.7 Å². The van der Waals surface area contributed by atoms with Crippen LogP contribution in [0, 0.1) is 6.92 Å². The lowest BCUT2D eigenvalue weighted by Crippen LogP contribution is -2.41. The number of methoxy groups -OCH3 is 2. The lowest BCUT2D eigenvalue weighted by atomic mass is 9.88. The monoisotopic (exact) mass is 465 g/mol. The minimum atomic E-state index is -2.03. The number of benzene rings is 3. The third-order valence-corrected chi connectivity index (χ3v) is 6.24.